The first-order chi connectivity index (χ1) is 6.74. The Labute approximate surface area is 82.1 Å². The van der Waals surface area contributed by atoms with Crippen molar-refractivity contribution in [2.75, 3.05) is 0 Å². The highest BCUT2D eigenvalue weighted by molar-refractivity contribution is 6.00. The first kappa shape index (κ1) is 8.81. The summed E-state index contributed by atoms with van der Waals surface area (Å²) in [5.41, 5.74) is 7.89. The largest absolute Gasteiger partial charge is 0.366 e. The van der Waals surface area contributed by atoms with Gasteiger partial charge in [-0.3, -0.25) is 4.79 Å². The molecule has 2 heterocycles. The molecule has 0 aromatic carbocycles. The zero-order valence-corrected chi connectivity index (χ0v) is 8.03. The number of nitrogens with zero attached hydrogens (tertiary/aromatic N) is 1. The van der Waals surface area contributed by atoms with E-state index < -0.39 is 0 Å². The Kier molecular flexibility index (Phi) is 2.00. The number of fused-ring (bicyclic) bond motifs is 1. The van der Waals surface area contributed by atoms with Crippen LogP contribution in [0.2, 0.25) is 0 Å². The molecule has 0 saturated heterocycles. The fourth-order valence-corrected chi connectivity index (χ4v) is 1.69. The van der Waals surface area contributed by atoms with Crippen molar-refractivity contribution in [2.24, 2.45) is 5.73 Å². The quantitative estimate of drug-likeness (QED) is 0.764. The van der Waals surface area contributed by atoms with Crippen LogP contribution in [0.15, 0.2) is 30.5 Å². The summed E-state index contributed by atoms with van der Waals surface area (Å²) in [6.45, 7) is 2.06. The Hall–Kier alpha value is -1.77. The number of pyridine rings is 1. The van der Waals surface area contributed by atoms with Crippen LogP contribution in [-0.4, -0.2) is 10.3 Å². The van der Waals surface area contributed by atoms with Crippen LogP contribution in [-0.2, 0) is 6.42 Å². The van der Waals surface area contributed by atoms with Crippen molar-refractivity contribution in [2.45, 2.75) is 13.3 Å². The first-order valence-electron chi connectivity index (χ1n) is 4.62. The summed E-state index contributed by atoms with van der Waals surface area (Å²) in [4.78, 5) is 11.2. The lowest BCUT2D eigenvalue weighted by molar-refractivity contribution is 0.100. The van der Waals surface area contributed by atoms with Crippen molar-refractivity contribution in [1.29, 1.82) is 0 Å². The summed E-state index contributed by atoms with van der Waals surface area (Å²) in [6, 6.07) is 7.61. The molecule has 0 aliphatic rings. The highest BCUT2D eigenvalue weighted by Gasteiger charge is 2.10. The molecule has 0 aliphatic carbocycles. The molecule has 2 N–H and O–H groups in total. The molecule has 2 aromatic heterocycles. The number of primary amides is 1. The van der Waals surface area contributed by atoms with Gasteiger partial charge in [-0.25, -0.2) is 0 Å². The molecule has 2 rings (SSSR count). The van der Waals surface area contributed by atoms with Gasteiger partial charge in [0.2, 0.25) is 0 Å². The monoisotopic (exact) mass is 188 g/mol. The van der Waals surface area contributed by atoms with E-state index in [4.69, 9.17) is 5.73 Å². The second-order valence-electron chi connectivity index (χ2n) is 3.22. The number of amides is 1. The summed E-state index contributed by atoms with van der Waals surface area (Å²) in [5, 5.41) is 0. The van der Waals surface area contributed by atoms with Gasteiger partial charge in [0.1, 0.15) is 0 Å². The maximum atomic E-state index is 11.2. The van der Waals surface area contributed by atoms with E-state index in [1.54, 1.807) is 0 Å². The Balaban J connectivity index is 2.80. The fourth-order valence-electron chi connectivity index (χ4n) is 1.69. The predicted molar refractivity (Wildman–Crippen MR) is 55.3 cm³/mol. The van der Waals surface area contributed by atoms with Crippen LogP contribution in [0.5, 0.6) is 0 Å². The molecule has 0 radical (unpaired) electrons. The smallest absolute Gasteiger partial charge is 0.250 e. The van der Waals surface area contributed by atoms with Gasteiger partial charge in [-0.2, -0.15) is 0 Å². The molecule has 3 nitrogen and oxygen atoms in total. The normalized spacial score (nSPS) is 10.6. The third-order valence-corrected chi connectivity index (χ3v) is 2.38. The summed E-state index contributed by atoms with van der Waals surface area (Å²) < 4.78 is 2.00. The molecule has 0 unspecified atom stereocenters. The lowest BCUT2D eigenvalue weighted by Crippen LogP contribution is -2.10. The van der Waals surface area contributed by atoms with E-state index in [2.05, 4.69) is 6.92 Å². The van der Waals surface area contributed by atoms with Crippen LogP contribution in [0, 0.1) is 0 Å². The SMILES string of the molecule is CCc1cc(C(N)=O)c2ccccn12. The van der Waals surface area contributed by atoms with Gasteiger partial charge < -0.3 is 10.1 Å². The van der Waals surface area contributed by atoms with Crippen LogP contribution in [0.3, 0.4) is 0 Å². The van der Waals surface area contributed by atoms with E-state index in [0.29, 0.717) is 5.56 Å². The van der Waals surface area contributed by atoms with Gasteiger partial charge >= 0.3 is 0 Å². The Morgan fingerprint density at radius 3 is 2.93 bits per heavy atom. The molecule has 0 aliphatic heterocycles. The summed E-state index contributed by atoms with van der Waals surface area (Å²) in [7, 11) is 0. The Bertz CT molecular complexity index is 485. The molecule has 0 fully saturated rings. The van der Waals surface area contributed by atoms with Crippen molar-refractivity contribution in [3.05, 3.63) is 41.7 Å². The number of carbonyl (C=O) groups excluding carboxylic acids is 1. The topological polar surface area (TPSA) is 47.5 Å². The number of aromatic nitrogens is 1. The molecule has 0 spiro atoms. The van der Waals surface area contributed by atoms with E-state index >= 15 is 0 Å². The lowest BCUT2D eigenvalue weighted by Gasteiger charge is -1.98. The highest BCUT2D eigenvalue weighted by Crippen LogP contribution is 2.16. The van der Waals surface area contributed by atoms with Crippen molar-refractivity contribution < 1.29 is 4.79 Å². The highest BCUT2D eigenvalue weighted by atomic mass is 16.1. The average molecular weight is 188 g/mol. The summed E-state index contributed by atoms with van der Waals surface area (Å²) >= 11 is 0. The number of carbonyl (C=O) groups is 1. The summed E-state index contributed by atoms with van der Waals surface area (Å²) in [6.07, 6.45) is 2.83. The number of hydrogen-bond acceptors (Lipinski definition) is 1. The van der Waals surface area contributed by atoms with Gasteiger partial charge in [0, 0.05) is 11.9 Å². The molecule has 1 amide bonds. The fraction of sp³-hybridized carbons (Fsp3) is 0.182. The minimum absolute atomic E-state index is 0.367. The van der Waals surface area contributed by atoms with Gasteiger partial charge in [0.15, 0.2) is 0 Å². The average Bonchev–Trinajstić information content (AvgIpc) is 2.56. The van der Waals surface area contributed by atoms with E-state index in [1.807, 2.05) is 34.9 Å². The lowest BCUT2D eigenvalue weighted by atomic mass is 10.2. The van der Waals surface area contributed by atoms with Gasteiger partial charge in [-0.1, -0.05) is 13.0 Å². The molecule has 0 bridgehead atoms. The van der Waals surface area contributed by atoms with Gasteiger partial charge in [-0.15, -0.1) is 0 Å². The number of hydrogen-bond donors (Lipinski definition) is 1. The second kappa shape index (κ2) is 3.18. The third kappa shape index (κ3) is 1.18. The summed E-state index contributed by atoms with van der Waals surface area (Å²) in [5.74, 6) is -0.367. The van der Waals surface area contributed by atoms with Crippen molar-refractivity contribution in [3.63, 3.8) is 0 Å². The van der Waals surface area contributed by atoms with Crippen LogP contribution < -0.4 is 5.73 Å². The van der Waals surface area contributed by atoms with Gasteiger partial charge in [-0.05, 0) is 24.6 Å². The minimum Gasteiger partial charge on any atom is -0.366 e. The molecular formula is C11H12N2O. The van der Waals surface area contributed by atoms with Gasteiger partial charge in [0.25, 0.3) is 5.91 Å². The molecule has 14 heavy (non-hydrogen) atoms. The van der Waals surface area contributed by atoms with Crippen LogP contribution >= 0.6 is 0 Å². The van der Waals surface area contributed by atoms with Crippen LogP contribution in [0.1, 0.15) is 23.0 Å². The van der Waals surface area contributed by atoms with Gasteiger partial charge in [0.05, 0.1) is 11.1 Å². The number of aryl methyl sites for hydroxylation is 1. The van der Waals surface area contributed by atoms with Crippen molar-refractivity contribution >= 4 is 11.4 Å². The second-order valence-corrected chi connectivity index (χ2v) is 3.22. The van der Waals surface area contributed by atoms with E-state index in [1.165, 1.54) is 0 Å². The number of rotatable bonds is 2. The van der Waals surface area contributed by atoms with Crippen molar-refractivity contribution in [1.82, 2.24) is 4.40 Å². The predicted octanol–water partition coefficient (Wildman–Crippen LogP) is 1.60. The first-order valence-corrected chi connectivity index (χ1v) is 4.62. The zero-order chi connectivity index (χ0) is 10.1. The Morgan fingerprint density at radius 2 is 2.29 bits per heavy atom. The van der Waals surface area contributed by atoms with E-state index in [-0.39, 0.29) is 5.91 Å². The zero-order valence-electron chi connectivity index (χ0n) is 8.03. The maximum Gasteiger partial charge on any atom is 0.250 e. The maximum absolute atomic E-state index is 11.2. The molecular weight excluding hydrogens is 176 g/mol. The van der Waals surface area contributed by atoms with E-state index in [9.17, 15) is 4.79 Å². The van der Waals surface area contributed by atoms with Crippen LogP contribution in [0.4, 0.5) is 0 Å². The minimum atomic E-state index is -0.367. The molecule has 2 aromatic rings. The van der Waals surface area contributed by atoms with Crippen molar-refractivity contribution in [3.8, 4) is 0 Å². The molecule has 0 saturated carbocycles. The molecule has 0 atom stereocenters. The molecule has 3 heteroatoms. The standard InChI is InChI=1S/C11H12N2O/c1-2-8-7-9(11(12)14)10-5-3-4-6-13(8)10/h3-7H,2H2,1H3,(H2,12,14). The third-order valence-electron chi connectivity index (χ3n) is 2.38. The van der Waals surface area contributed by atoms with Crippen LogP contribution in [0.25, 0.3) is 5.52 Å². The van der Waals surface area contributed by atoms with E-state index in [0.717, 1.165) is 17.6 Å². The number of nitrogens with two attached hydrogens (primary N) is 1. The Morgan fingerprint density at radius 1 is 1.50 bits per heavy atom. The molecule has 72 valence electrons.